The monoisotopic (exact) mass is 298 g/mol. The van der Waals surface area contributed by atoms with Crippen molar-refractivity contribution >= 4 is 35.2 Å². The Kier molecular flexibility index (Phi) is 5.10. The topological polar surface area (TPSA) is 58.2 Å². The third-order valence-electron chi connectivity index (χ3n) is 2.81. The lowest BCUT2D eigenvalue weighted by Crippen LogP contribution is -2.48. The van der Waals surface area contributed by atoms with Crippen LogP contribution in [-0.2, 0) is 9.59 Å². The summed E-state index contributed by atoms with van der Waals surface area (Å²) in [7, 11) is 0. The van der Waals surface area contributed by atoms with Gasteiger partial charge in [-0.15, -0.1) is 11.8 Å². The fraction of sp³-hybridized carbons (Fsp3) is 0.385. The standard InChI is InChI=1S/C13H15ClN2O2S/c14-9-1-4-11(5-2-9)19-8-13(18)16-10-3-6-12(17)15-7-10/h1-2,4-5,10H,3,6-8H2,(H,15,17)(H,16,18). The number of piperidine rings is 1. The van der Waals surface area contributed by atoms with Gasteiger partial charge in [0.05, 0.1) is 5.75 Å². The van der Waals surface area contributed by atoms with Crippen LogP contribution in [0.1, 0.15) is 12.8 Å². The Bertz CT molecular complexity index is 454. The van der Waals surface area contributed by atoms with E-state index in [0.29, 0.717) is 30.2 Å². The van der Waals surface area contributed by atoms with E-state index >= 15 is 0 Å². The fourth-order valence-corrected chi connectivity index (χ4v) is 2.64. The summed E-state index contributed by atoms with van der Waals surface area (Å²) in [6.07, 6.45) is 1.19. The normalized spacial score (nSPS) is 18.8. The molecule has 1 aromatic carbocycles. The lowest BCUT2D eigenvalue weighted by atomic mass is 10.1. The molecule has 1 atom stereocenters. The van der Waals surface area contributed by atoms with Crippen molar-refractivity contribution in [2.24, 2.45) is 0 Å². The lowest BCUT2D eigenvalue weighted by molar-refractivity contribution is -0.124. The molecule has 19 heavy (non-hydrogen) atoms. The highest BCUT2D eigenvalue weighted by atomic mass is 35.5. The molecule has 2 rings (SSSR count). The van der Waals surface area contributed by atoms with Crippen LogP contribution >= 0.6 is 23.4 Å². The first-order chi connectivity index (χ1) is 9.13. The Morgan fingerprint density at radius 1 is 1.42 bits per heavy atom. The summed E-state index contributed by atoms with van der Waals surface area (Å²) < 4.78 is 0. The number of amides is 2. The molecule has 4 nitrogen and oxygen atoms in total. The number of carbonyl (C=O) groups excluding carboxylic acids is 2. The van der Waals surface area contributed by atoms with E-state index in [4.69, 9.17) is 11.6 Å². The first-order valence-corrected chi connectivity index (χ1v) is 7.44. The van der Waals surface area contributed by atoms with Crippen molar-refractivity contribution in [3.8, 4) is 0 Å². The fourth-order valence-electron chi connectivity index (χ4n) is 1.81. The van der Waals surface area contributed by atoms with Crippen molar-refractivity contribution in [3.05, 3.63) is 29.3 Å². The van der Waals surface area contributed by atoms with Gasteiger partial charge in [-0.05, 0) is 30.7 Å². The van der Waals surface area contributed by atoms with E-state index in [1.807, 2.05) is 12.1 Å². The van der Waals surface area contributed by atoms with Crippen molar-refractivity contribution in [1.82, 2.24) is 10.6 Å². The van der Waals surface area contributed by atoms with E-state index in [1.54, 1.807) is 12.1 Å². The van der Waals surface area contributed by atoms with Crippen LogP contribution in [0.3, 0.4) is 0 Å². The van der Waals surface area contributed by atoms with Crippen molar-refractivity contribution in [1.29, 1.82) is 0 Å². The van der Waals surface area contributed by atoms with E-state index in [2.05, 4.69) is 10.6 Å². The zero-order valence-corrected chi connectivity index (χ0v) is 11.9. The van der Waals surface area contributed by atoms with Gasteiger partial charge in [0.15, 0.2) is 0 Å². The van der Waals surface area contributed by atoms with Gasteiger partial charge in [-0.3, -0.25) is 9.59 Å². The largest absolute Gasteiger partial charge is 0.354 e. The Hall–Kier alpha value is -1.20. The van der Waals surface area contributed by atoms with Gasteiger partial charge >= 0.3 is 0 Å². The number of hydrogen-bond donors (Lipinski definition) is 2. The van der Waals surface area contributed by atoms with Crippen molar-refractivity contribution in [2.75, 3.05) is 12.3 Å². The van der Waals surface area contributed by atoms with E-state index < -0.39 is 0 Å². The summed E-state index contributed by atoms with van der Waals surface area (Å²) in [5, 5.41) is 6.35. The first-order valence-electron chi connectivity index (χ1n) is 6.08. The molecule has 1 unspecified atom stereocenters. The van der Waals surface area contributed by atoms with Gasteiger partial charge in [-0.1, -0.05) is 11.6 Å². The predicted octanol–water partition coefficient (Wildman–Crippen LogP) is 1.83. The summed E-state index contributed by atoms with van der Waals surface area (Å²) >= 11 is 7.26. The van der Waals surface area contributed by atoms with Crippen LogP contribution in [0, 0.1) is 0 Å². The highest BCUT2D eigenvalue weighted by Gasteiger charge is 2.19. The van der Waals surface area contributed by atoms with Crippen molar-refractivity contribution < 1.29 is 9.59 Å². The number of thioether (sulfide) groups is 1. The van der Waals surface area contributed by atoms with E-state index in [1.165, 1.54) is 11.8 Å². The van der Waals surface area contributed by atoms with Crippen LogP contribution in [0.5, 0.6) is 0 Å². The number of rotatable bonds is 4. The molecule has 0 bridgehead atoms. The molecule has 1 aromatic rings. The molecular weight excluding hydrogens is 284 g/mol. The average Bonchev–Trinajstić information content (AvgIpc) is 2.41. The minimum atomic E-state index is -0.0129. The lowest BCUT2D eigenvalue weighted by Gasteiger charge is -2.23. The first kappa shape index (κ1) is 14.2. The number of carbonyl (C=O) groups is 2. The molecule has 1 saturated heterocycles. The average molecular weight is 299 g/mol. The number of nitrogens with one attached hydrogen (secondary N) is 2. The Labute approximate surface area is 121 Å². The predicted molar refractivity (Wildman–Crippen MR) is 76.4 cm³/mol. The quantitative estimate of drug-likeness (QED) is 0.834. The maximum Gasteiger partial charge on any atom is 0.230 e. The second-order valence-corrected chi connectivity index (χ2v) is 5.83. The van der Waals surface area contributed by atoms with Crippen LogP contribution < -0.4 is 10.6 Å². The van der Waals surface area contributed by atoms with Gasteiger partial charge in [-0.2, -0.15) is 0 Å². The van der Waals surface area contributed by atoms with E-state index in [0.717, 1.165) is 4.90 Å². The second-order valence-electron chi connectivity index (χ2n) is 4.35. The third kappa shape index (κ3) is 4.76. The molecule has 1 aliphatic heterocycles. The van der Waals surface area contributed by atoms with Gasteiger partial charge in [0.2, 0.25) is 11.8 Å². The molecule has 2 N–H and O–H groups in total. The highest BCUT2D eigenvalue weighted by molar-refractivity contribution is 8.00. The Balaban J connectivity index is 1.72. The summed E-state index contributed by atoms with van der Waals surface area (Å²) in [6, 6.07) is 7.44. The second kappa shape index (κ2) is 6.82. The maximum atomic E-state index is 11.8. The Morgan fingerprint density at radius 3 is 2.79 bits per heavy atom. The van der Waals surface area contributed by atoms with Crippen LogP contribution in [0.2, 0.25) is 5.02 Å². The van der Waals surface area contributed by atoms with Crippen molar-refractivity contribution in [3.63, 3.8) is 0 Å². The van der Waals surface area contributed by atoms with Crippen LogP contribution in [0.4, 0.5) is 0 Å². The van der Waals surface area contributed by atoms with Gasteiger partial charge in [0, 0.05) is 28.9 Å². The zero-order valence-electron chi connectivity index (χ0n) is 10.3. The molecule has 0 saturated carbocycles. The smallest absolute Gasteiger partial charge is 0.230 e. The zero-order chi connectivity index (χ0) is 13.7. The SMILES string of the molecule is O=C1CCC(NC(=O)CSc2ccc(Cl)cc2)CN1. The molecule has 0 aromatic heterocycles. The number of halogens is 1. The molecule has 1 heterocycles. The van der Waals surface area contributed by atoms with Crippen molar-refractivity contribution in [2.45, 2.75) is 23.8 Å². The highest BCUT2D eigenvalue weighted by Crippen LogP contribution is 2.20. The third-order valence-corrected chi connectivity index (χ3v) is 4.08. The maximum absolute atomic E-state index is 11.8. The minimum absolute atomic E-state index is 0.0129. The summed E-state index contributed by atoms with van der Waals surface area (Å²) in [6.45, 7) is 0.524. The molecule has 102 valence electrons. The van der Waals surface area contributed by atoms with Crippen LogP contribution in [-0.4, -0.2) is 30.2 Å². The molecule has 0 aliphatic carbocycles. The molecule has 0 radical (unpaired) electrons. The number of hydrogen-bond acceptors (Lipinski definition) is 3. The molecule has 1 aliphatic rings. The summed E-state index contributed by atoms with van der Waals surface area (Å²) in [5.74, 6) is 0.411. The van der Waals surface area contributed by atoms with E-state index in [9.17, 15) is 9.59 Å². The van der Waals surface area contributed by atoms with E-state index in [-0.39, 0.29) is 17.9 Å². The van der Waals surface area contributed by atoms with Crippen LogP contribution in [0.25, 0.3) is 0 Å². The molecule has 0 spiro atoms. The number of benzene rings is 1. The van der Waals surface area contributed by atoms with Crippen LogP contribution in [0.15, 0.2) is 29.2 Å². The molecule has 6 heteroatoms. The van der Waals surface area contributed by atoms with Gasteiger partial charge in [0.1, 0.15) is 0 Å². The Morgan fingerprint density at radius 2 is 2.16 bits per heavy atom. The molecule has 2 amide bonds. The molecule has 1 fully saturated rings. The van der Waals surface area contributed by atoms with Gasteiger partial charge in [0.25, 0.3) is 0 Å². The summed E-state index contributed by atoms with van der Waals surface area (Å²) in [4.78, 5) is 23.8. The van der Waals surface area contributed by atoms with Gasteiger partial charge < -0.3 is 10.6 Å². The minimum Gasteiger partial charge on any atom is -0.354 e. The van der Waals surface area contributed by atoms with Gasteiger partial charge in [-0.25, -0.2) is 0 Å². The summed E-state index contributed by atoms with van der Waals surface area (Å²) in [5.41, 5.74) is 0. The molecular formula is C13H15ClN2O2S.